The molecule has 1 rings (SSSR count). The number of rotatable bonds is 8. The lowest BCUT2D eigenvalue weighted by molar-refractivity contribution is 0.579. The van der Waals surface area contributed by atoms with Crippen LogP contribution in [0.25, 0.3) is 0 Å². The average Bonchev–Trinajstić information content (AvgIpc) is 2.83. The Bertz CT molecular complexity index is 702. The number of hydrogen-bond acceptors (Lipinski definition) is 1. The van der Waals surface area contributed by atoms with Gasteiger partial charge in [0.1, 0.15) is 0 Å². The van der Waals surface area contributed by atoms with Crippen molar-refractivity contribution in [2.45, 2.75) is 20.3 Å². The average molecular weight is 317 g/mol. The Labute approximate surface area is 147 Å². The van der Waals surface area contributed by atoms with Crippen LogP contribution >= 0.6 is 0 Å². The van der Waals surface area contributed by atoms with Gasteiger partial charge in [0, 0.05) is 17.1 Å². The van der Waals surface area contributed by atoms with E-state index < -0.39 is 0 Å². The first-order valence-corrected chi connectivity index (χ1v) is 7.96. The first kappa shape index (κ1) is 19.2. The summed E-state index contributed by atoms with van der Waals surface area (Å²) in [4.78, 5) is 2.04. The molecule has 0 heterocycles. The van der Waals surface area contributed by atoms with Crippen LogP contribution in [0.5, 0.6) is 0 Å². The summed E-state index contributed by atoms with van der Waals surface area (Å²) in [5, 5.41) is 0. The molecule has 0 fully saturated rings. The van der Waals surface area contributed by atoms with Crippen LogP contribution in [0.3, 0.4) is 0 Å². The van der Waals surface area contributed by atoms with Gasteiger partial charge in [-0.15, -0.1) is 0 Å². The number of allylic oxidation sites excluding steroid dienone is 12. The van der Waals surface area contributed by atoms with Crippen molar-refractivity contribution < 1.29 is 0 Å². The van der Waals surface area contributed by atoms with E-state index in [2.05, 4.69) is 57.2 Å². The molecule has 0 aliphatic heterocycles. The molecule has 0 saturated heterocycles. The van der Waals surface area contributed by atoms with Crippen LogP contribution in [0.2, 0.25) is 0 Å². The minimum atomic E-state index is 0.795. The normalized spacial score (nSPS) is 14.5. The van der Waals surface area contributed by atoms with Crippen molar-refractivity contribution in [2.24, 2.45) is 0 Å². The highest BCUT2D eigenvalue weighted by Gasteiger charge is 2.13. The van der Waals surface area contributed by atoms with E-state index in [1.54, 1.807) is 6.08 Å². The van der Waals surface area contributed by atoms with Crippen molar-refractivity contribution in [1.29, 1.82) is 0 Å². The molecule has 124 valence electrons. The number of hydrogen-bond donors (Lipinski definition) is 0. The summed E-state index contributed by atoms with van der Waals surface area (Å²) in [5.41, 5.74) is 5.79. The van der Waals surface area contributed by atoms with Gasteiger partial charge >= 0.3 is 0 Å². The quantitative estimate of drug-likeness (QED) is 0.460. The molecule has 1 aliphatic carbocycles. The highest BCUT2D eigenvalue weighted by molar-refractivity contribution is 5.51. The summed E-state index contributed by atoms with van der Waals surface area (Å²) in [6.07, 6.45) is 18.8. The third-order valence-electron chi connectivity index (χ3n) is 3.67. The van der Waals surface area contributed by atoms with Gasteiger partial charge in [-0.1, -0.05) is 68.8 Å². The predicted molar refractivity (Wildman–Crippen MR) is 108 cm³/mol. The fraction of sp³-hybridized carbons (Fsp3) is 0.130. The van der Waals surface area contributed by atoms with Gasteiger partial charge in [-0.3, -0.25) is 0 Å². The smallest absolute Gasteiger partial charge is 0.0455 e. The molecule has 0 bridgehead atoms. The molecule has 0 aromatic carbocycles. The van der Waals surface area contributed by atoms with Gasteiger partial charge in [-0.25, -0.2) is 0 Å². The Morgan fingerprint density at radius 2 is 1.79 bits per heavy atom. The van der Waals surface area contributed by atoms with Crippen LogP contribution in [0.1, 0.15) is 20.3 Å². The summed E-state index contributed by atoms with van der Waals surface area (Å²) in [5.74, 6) is 0. The van der Waals surface area contributed by atoms with Crippen LogP contribution < -0.4 is 0 Å². The van der Waals surface area contributed by atoms with E-state index in [0.29, 0.717) is 0 Å². The molecule has 24 heavy (non-hydrogen) atoms. The van der Waals surface area contributed by atoms with E-state index in [1.807, 2.05) is 43.1 Å². The van der Waals surface area contributed by atoms with Gasteiger partial charge in [-0.2, -0.15) is 0 Å². The molecule has 0 unspecified atom stereocenters. The van der Waals surface area contributed by atoms with Gasteiger partial charge in [0.05, 0.1) is 0 Å². The zero-order valence-corrected chi connectivity index (χ0v) is 14.9. The van der Waals surface area contributed by atoms with Crippen molar-refractivity contribution in [2.75, 3.05) is 0 Å². The molecule has 0 saturated carbocycles. The lowest BCUT2D eigenvalue weighted by Crippen LogP contribution is -2.18. The van der Waals surface area contributed by atoms with Crippen LogP contribution in [0, 0.1) is 0 Å². The summed E-state index contributed by atoms with van der Waals surface area (Å²) in [6.45, 7) is 23.9. The SMILES string of the molecule is C=CC(=C)N(C(C=C)=CC=CC)C1=CCC=C(C(=C)C(=C)C)C=C1. The van der Waals surface area contributed by atoms with Crippen LogP contribution in [0.15, 0.2) is 121 Å². The van der Waals surface area contributed by atoms with Crippen molar-refractivity contribution >= 4 is 0 Å². The molecule has 0 spiro atoms. The highest BCUT2D eigenvalue weighted by atomic mass is 15.2. The summed E-state index contributed by atoms with van der Waals surface area (Å²) >= 11 is 0. The fourth-order valence-corrected chi connectivity index (χ4v) is 2.25. The molecule has 1 heteroatoms. The Kier molecular flexibility index (Phi) is 7.51. The van der Waals surface area contributed by atoms with Crippen molar-refractivity contribution in [3.63, 3.8) is 0 Å². The van der Waals surface area contributed by atoms with Gasteiger partial charge in [-0.05, 0) is 55.7 Å². The fourth-order valence-electron chi connectivity index (χ4n) is 2.25. The standard InChI is InChI=1S/C23H27N/c1-8-11-14-22(10-3)24(19(6)9-2)23-15-12-13-21(16-17-23)20(7)18(4)5/h8-11,13-17H,2-4,6-7,12H2,1,5H3. The summed E-state index contributed by atoms with van der Waals surface area (Å²) in [7, 11) is 0. The molecule has 1 nitrogen and oxygen atoms in total. The molecule has 0 radical (unpaired) electrons. The van der Waals surface area contributed by atoms with Crippen LogP contribution in [0.4, 0.5) is 0 Å². The number of nitrogens with zero attached hydrogens (tertiary/aromatic N) is 1. The Morgan fingerprint density at radius 3 is 2.33 bits per heavy atom. The summed E-state index contributed by atoms with van der Waals surface area (Å²) in [6, 6.07) is 0. The van der Waals surface area contributed by atoms with Crippen molar-refractivity contribution in [3.8, 4) is 0 Å². The molecule has 0 atom stereocenters. The highest BCUT2D eigenvalue weighted by Crippen LogP contribution is 2.27. The van der Waals surface area contributed by atoms with Crippen LogP contribution in [-0.2, 0) is 0 Å². The third kappa shape index (κ3) is 4.85. The topological polar surface area (TPSA) is 3.24 Å². The molecule has 0 aromatic rings. The zero-order chi connectivity index (χ0) is 18.1. The Hall–Kier alpha value is -2.80. The first-order chi connectivity index (χ1) is 11.5. The maximum Gasteiger partial charge on any atom is 0.0455 e. The molecular weight excluding hydrogens is 290 g/mol. The second-order valence-corrected chi connectivity index (χ2v) is 5.47. The second kappa shape index (κ2) is 9.36. The molecular formula is C23H27N. The monoisotopic (exact) mass is 317 g/mol. The Morgan fingerprint density at radius 1 is 1.08 bits per heavy atom. The van der Waals surface area contributed by atoms with Crippen LogP contribution in [-0.4, -0.2) is 4.90 Å². The minimum Gasteiger partial charge on any atom is -0.311 e. The third-order valence-corrected chi connectivity index (χ3v) is 3.67. The van der Waals surface area contributed by atoms with E-state index in [-0.39, 0.29) is 0 Å². The molecule has 0 aromatic heterocycles. The summed E-state index contributed by atoms with van der Waals surface area (Å²) < 4.78 is 0. The van der Waals surface area contributed by atoms with Gasteiger partial charge in [0.2, 0.25) is 0 Å². The van der Waals surface area contributed by atoms with Gasteiger partial charge in [0.15, 0.2) is 0 Å². The van der Waals surface area contributed by atoms with E-state index in [9.17, 15) is 0 Å². The van der Waals surface area contributed by atoms with E-state index in [0.717, 1.165) is 40.2 Å². The Balaban J connectivity index is 3.25. The molecule has 1 aliphatic rings. The lowest BCUT2D eigenvalue weighted by atomic mass is 10.0. The van der Waals surface area contributed by atoms with E-state index in [4.69, 9.17) is 0 Å². The minimum absolute atomic E-state index is 0.795. The largest absolute Gasteiger partial charge is 0.311 e. The van der Waals surface area contributed by atoms with Crippen molar-refractivity contribution in [1.82, 2.24) is 4.90 Å². The van der Waals surface area contributed by atoms with Gasteiger partial charge < -0.3 is 4.90 Å². The van der Waals surface area contributed by atoms with Gasteiger partial charge in [0.25, 0.3) is 0 Å². The first-order valence-electron chi connectivity index (χ1n) is 7.96. The second-order valence-electron chi connectivity index (χ2n) is 5.47. The zero-order valence-electron chi connectivity index (χ0n) is 14.9. The molecule has 0 amide bonds. The van der Waals surface area contributed by atoms with E-state index >= 15 is 0 Å². The maximum absolute atomic E-state index is 4.11. The lowest BCUT2D eigenvalue weighted by Gasteiger charge is -2.27. The maximum atomic E-state index is 4.11. The van der Waals surface area contributed by atoms with E-state index in [1.165, 1.54) is 0 Å². The van der Waals surface area contributed by atoms with Crippen molar-refractivity contribution in [3.05, 3.63) is 121 Å². The predicted octanol–water partition coefficient (Wildman–Crippen LogP) is 6.54. The molecule has 0 N–H and O–H groups in total.